The molecule has 2 N–H and O–H groups in total. The molecule has 5 heteroatoms. The third-order valence-electron chi connectivity index (χ3n) is 3.44. The molecule has 0 aliphatic rings. The molecule has 0 radical (unpaired) electrons. The lowest BCUT2D eigenvalue weighted by atomic mass is 10.1. The number of methoxy groups -OCH3 is 1. The first-order valence-electron chi connectivity index (χ1n) is 6.97. The van der Waals surface area contributed by atoms with E-state index in [0.717, 1.165) is 5.56 Å². The number of phenols is 1. The largest absolute Gasteiger partial charge is 0.504 e. The van der Waals surface area contributed by atoms with Crippen LogP contribution in [0.15, 0.2) is 42.5 Å². The van der Waals surface area contributed by atoms with Gasteiger partial charge in [-0.3, -0.25) is 4.90 Å². The first kappa shape index (κ1) is 16.3. The van der Waals surface area contributed by atoms with Gasteiger partial charge >= 0.3 is 0 Å². The van der Waals surface area contributed by atoms with Gasteiger partial charge in [0.05, 0.1) is 13.2 Å². The second kappa shape index (κ2) is 7.24. The summed E-state index contributed by atoms with van der Waals surface area (Å²) >= 11 is 0. The second-order valence-electron chi connectivity index (χ2n) is 5.27. The zero-order valence-electron chi connectivity index (χ0n) is 12.7. The maximum absolute atomic E-state index is 12.9. The van der Waals surface area contributed by atoms with Gasteiger partial charge in [-0.25, -0.2) is 4.39 Å². The van der Waals surface area contributed by atoms with Crippen molar-refractivity contribution in [2.75, 3.05) is 20.7 Å². The van der Waals surface area contributed by atoms with Gasteiger partial charge in [0.1, 0.15) is 5.82 Å². The normalized spacial score (nSPS) is 12.4. The van der Waals surface area contributed by atoms with Gasteiger partial charge in [0.25, 0.3) is 0 Å². The van der Waals surface area contributed by atoms with E-state index in [4.69, 9.17) is 4.74 Å². The van der Waals surface area contributed by atoms with Crippen LogP contribution in [0.4, 0.5) is 4.39 Å². The first-order chi connectivity index (χ1) is 10.5. The highest BCUT2D eigenvalue weighted by Crippen LogP contribution is 2.26. The van der Waals surface area contributed by atoms with Crippen LogP contribution in [0.3, 0.4) is 0 Å². The molecule has 0 aromatic heterocycles. The van der Waals surface area contributed by atoms with Gasteiger partial charge in [-0.15, -0.1) is 0 Å². The van der Waals surface area contributed by atoms with Crippen LogP contribution in [0.2, 0.25) is 0 Å². The predicted octanol–water partition coefficient (Wildman–Crippen LogP) is 2.71. The minimum absolute atomic E-state index is 0.0903. The standard InChI is InChI=1S/C17H20FNO3/c1-19(10-12-3-8-17(22-2)15(20)9-12)11-16(21)13-4-6-14(18)7-5-13/h3-9,16,20-21H,10-11H2,1-2H3. The van der Waals surface area contributed by atoms with Crippen LogP contribution in [0, 0.1) is 5.82 Å². The fourth-order valence-electron chi connectivity index (χ4n) is 2.30. The number of aliphatic hydroxyl groups is 1. The number of ether oxygens (including phenoxy) is 1. The van der Waals surface area contributed by atoms with Crippen molar-refractivity contribution in [2.45, 2.75) is 12.6 Å². The number of hydrogen-bond acceptors (Lipinski definition) is 4. The van der Waals surface area contributed by atoms with Crippen molar-refractivity contribution in [2.24, 2.45) is 0 Å². The molecule has 0 saturated heterocycles. The summed E-state index contributed by atoms with van der Waals surface area (Å²) in [6, 6.07) is 11.0. The van der Waals surface area contributed by atoms with E-state index in [2.05, 4.69) is 0 Å². The number of halogens is 1. The lowest BCUT2D eigenvalue weighted by molar-refractivity contribution is 0.123. The Bertz CT molecular complexity index is 616. The summed E-state index contributed by atoms with van der Waals surface area (Å²) in [5.41, 5.74) is 1.58. The molecule has 1 atom stereocenters. The van der Waals surface area contributed by atoms with Gasteiger partial charge in [-0.1, -0.05) is 18.2 Å². The van der Waals surface area contributed by atoms with E-state index in [9.17, 15) is 14.6 Å². The number of hydrogen-bond donors (Lipinski definition) is 2. The first-order valence-corrected chi connectivity index (χ1v) is 6.97. The Hall–Kier alpha value is -2.11. The van der Waals surface area contributed by atoms with Crippen LogP contribution in [0.1, 0.15) is 17.2 Å². The van der Waals surface area contributed by atoms with Crippen LogP contribution in [-0.2, 0) is 6.54 Å². The topological polar surface area (TPSA) is 52.9 Å². The summed E-state index contributed by atoms with van der Waals surface area (Å²) < 4.78 is 17.9. The number of aromatic hydroxyl groups is 1. The highest BCUT2D eigenvalue weighted by atomic mass is 19.1. The molecule has 0 saturated carbocycles. The molecule has 0 aliphatic carbocycles. The van der Waals surface area contributed by atoms with Crippen molar-refractivity contribution < 1.29 is 19.3 Å². The maximum atomic E-state index is 12.9. The lowest BCUT2D eigenvalue weighted by Gasteiger charge is -2.21. The SMILES string of the molecule is COc1ccc(CN(C)CC(O)c2ccc(F)cc2)cc1O. The van der Waals surface area contributed by atoms with E-state index < -0.39 is 6.10 Å². The molecule has 0 amide bonds. The summed E-state index contributed by atoms with van der Waals surface area (Å²) in [5.74, 6) is 0.197. The third-order valence-corrected chi connectivity index (χ3v) is 3.44. The van der Waals surface area contributed by atoms with Gasteiger partial charge in [0, 0.05) is 13.1 Å². The monoisotopic (exact) mass is 305 g/mol. The lowest BCUT2D eigenvalue weighted by Crippen LogP contribution is -2.24. The minimum Gasteiger partial charge on any atom is -0.504 e. The fourth-order valence-corrected chi connectivity index (χ4v) is 2.30. The number of rotatable bonds is 6. The van der Waals surface area contributed by atoms with E-state index in [1.807, 2.05) is 18.0 Å². The van der Waals surface area contributed by atoms with Crippen molar-refractivity contribution in [1.82, 2.24) is 4.90 Å². The third kappa shape index (κ3) is 4.19. The van der Waals surface area contributed by atoms with E-state index in [-0.39, 0.29) is 11.6 Å². The smallest absolute Gasteiger partial charge is 0.160 e. The van der Waals surface area contributed by atoms with E-state index in [1.54, 1.807) is 24.3 Å². The van der Waals surface area contributed by atoms with Crippen molar-refractivity contribution in [1.29, 1.82) is 0 Å². The van der Waals surface area contributed by atoms with Crippen molar-refractivity contribution >= 4 is 0 Å². The molecule has 2 aromatic carbocycles. The van der Waals surface area contributed by atoms with Gasteiger partial charge in [-0.2, -0.15) is 0 Å². The molecule has 22 heavy (non-hydrogen) atoms. The molecule has 0 bridgehead atoms. The Morgan fingerprint density at radius 3 is 2.45 bits per heavy atom. The summed E-state index contributed by atoms with van der Waals surface area (Å²) in [7, 11) is 3.37. The Labute approximate surface area is 129 Å². The fraction of sp³-hybridized carbons (Fsp3) is 0.294. The molecule has 1 unspecified atom stereocenters. The second-order valence-corrected chi connectivity index (χ2v) is 5.27. The van der Waals surface area contributed by atoms with Gasteiger partial charge in [-0.05, 0) is 42.4 Å². The Balaban J connectivity index is 1.96. The van der Waals surface area contributed by atoms with Crippen LogP contribution in [-0.4, -0.2) is 35.8 Å². The van der Waals surface area contributed by atoms with Gasteiger partial charge < -0.3 is 14.9 Å². The minimum atomic E-state index is -0.697. The number of likely N-dealkylation sites (N-methyl/N-ethyl adjacent to an activating group) is 1. The molecule has 0 heterocycles. The summed E-state index contributed by atoms with van der Waals surface area (Å²) in [6.07, 6.45) is -0.697. The molecule has 2 rings (SSSR count). The molecular weight excluding hydrogens is 285 g/mol. The highest BCUT2D eigenvalue weighted by molar-refractivity contribution is 5.41. The highest BCUT2D eigenvalue weighted by Gasteiger charge is 2.12. The van der Waals surface area contributed by atoms with E-state index in [1.165, 1.54) is 19.2 Å². The summed E-state index contributed by atoms with van der Waals surface area (Å²) in [5, 5.41) is 19.9. The molecule has 0 fully saturated rings. The van der Waals surface area contributed by atoms with Crippen molar-refractivity contribution in [3.63, 3.8) is 0 Å². The Morgan fingerprint density at radius 1 is 1.18 bits per heavy atom. The number of benzene rings is 2. The zero-order valence-corrected chi connectivity index (χ0v) is 12.7. The van der Waals surface area contributed by atoms with Crippen molar-refractivity contribution in [3.8, 4) is 11.5 Å². The zero-order chi connectivity index (χ0) is 16.1. The molecule has 0 spiro atoms. The predicted molar refractivity (Wildman–Crippen MR) is 82.4 cm³/mol. The number of aliphatic hydroxyl groups excluding tert-OH is 1. The molecular formula is C17H20FNO3. The van der Waals surface area contributed by atoms with Crippen LogP contribution >= 0.6 is 0 Å². The van der Waals surface area contributed by atoms with E-state index >= 15 is 0 Å². The van der Waals surface area contributed by atoms with Crippen molar-refractivity contribution in [3.05, 3.63) is 59.4 Å². The molecule has 0 aliphatic heterocycles. The number of phenolic OH excluding ortho intramolecular Hbond substituents is 1. The number of nitrogens with zero attached hydrogens (tertiary/aromatic N) is 1. The van der Waals surface area contributed by atoms with E-state index in [0.29, 0.717) is 24.4 Å². The van der Waals surface area contributed by atoms with Gasteiger partial charge in [0.2, 0.25) is 0 Å². The van der Waals surface area contributed by atoms with Crippen LogP contribution < -0.4 is 4.74 Å². The molecule has 2 aromatic rings. The summed E-state index contributed by atoms with van der Waals surface area (Å²) in [6.45, 7) is 0.967. The Morgan fingerprint density at radius 2 is 1.86 bits per heavy atom. The summed E-state index contributed by atoms with van der Waals surface area (Å²) in [4.78, 5) is 1.93. The average Bonchev–Trinajstić information content (AvgIpc) is 2.48. The quantitative estimate of drug-likeness (QED) is 0.861. The Kier molecular flexibility index (Phi) is 5.35. The van der Waals surface area contributed by atoms with Crippen LogP contribution in [0.25, 0.3) is 0 Å². The van der Waals surface area contributed by atoms with Gasteiger partial charge in [0.15, 0.2) is 11.5 Å². The van der Waals surface area contributed by atoms with Crippen LogP contribution in [0.5, 0.6) is 11.5 Å². The molecule has 4 nitrogen and oxygen atoms in total. The molecule has 118 valence electrons. The average molecular weight is 305 g/mol. The maximum Gasteiger partial charge on any atom is 0.160 e.